The molecule has 0 spiro atoms. The monoisotopic (exact) mass is 394 g/mol. The molecule has 8 heteroatoms. The molecule has 0 amide bonds. The van der Waals surface area contributed by atoms with Gasteiger partial charge in [-0.3, -0.25) is 0 Å². The molecule has 0 aliphatic carbocycles. The average molecular weight is 395 g/mol. The first kappa shape index (κ1) is 19.6. The molecule has 0 atom stereocenters. The lowest BCUT2D eigenvalue weighted by molar-refractivity contribution is 0.154. The average Bonchev–Trinajstić information content (AvgIpc) is 3.06. The Labute approximate surface area is 171 Å². The lowest BCUT2D eigenvalue weighted by atomic mass is 10.1. The summed E-state index contributed by atoms with van der Waals surface area (Å²) in [7, 11) is 2.18. The predicted octanol–water partition coefficient (Wildman–Crippen LogP) is 2.04. The normalized spacial score (nSPS) is 15.8. The second-order valence-electron chi connectivity index (χ2n) is 8.01. The van der Waals surface area contributed by atoms with Crippen LogP contribution in [0.3, 0.4) is 0 Å². The molecule has 0 saturated carbocycles. The molecule has 2 aromatic heterocycles. The number of nitrogens with one attached hydrogen (secondary N) is 1. The number of piperazine rings is 1. The molecule has 154 valence electrons. The highest BCUT2D eigenvalue weighted by atomic mass is 15.3. The Morgan fingerprint density at radius 3 is 2.48 bits per heavy atom. The molecule has 0 bridgehead atoms. The molecule has 8 nitrogen and oxygen atoms in total. The van der Waals surface area contributed by atoms with E-state index in [1.807, 2.05) is 6.20 Å². The number of nitrogen functional groups attached to an aromatic ring is 1. The molecular formula is C21H30N8. The van der Waals surface area contributed by atoms with Crippen molar-refractivity contribution in [3.8, 4) is 11.3 Å². The van der Waals surface area contributed by atoms with Crippen LogP contribution < -0.4 is 11.1 Å². The minimum absolute atomic E-state index is 0.254. The van der Waals surface area contributed by atoms with Gasteiger partial charge in [-0.25, -0.2) is 9.50 Å². The van der Waals surface area contributed by atoms with E-state index in [2.05, 4.69) is 64.3 Å². The van der Waals surface area contributed by atoms with E-state index in [4.69, 9.17) is 10.7 Å². The van der Waals surface area contributed by atoms with Gasteiger partial charge in [0.1, 0.15) is 0 Å². The van der Waals surface area contributed by atoms with Gasteiger partial charge < -0.3 is 20.9 Å². The van der Waals surface area contributed by atoms with Crippen molar-refractivity contribution in [2.24, 2.45) is 0 Å². The van der Waals surface area contributed by atoms with Gasteiger partial charge in [-0.05, 0) is 46.0 Å². The van der Waals surface area contributed by atoms with Crippen molar-refractivity contribution in [1.29, 1.82) is 0 Å². The predicted molar refractivity (Wildman–Crippen MR) is 117 cm³/mol. The molecular weight excluding hydrogens is 364 g/mol. The van der Waals surface area contributed by atoms with Gasteiger partial charge in [0, 0.05) is 38.3 Å². The van der Waals surface area contributed by atoms with Crippen molar-refractivity contribution in [3.63, 3.8) is 0 Å². The molecule has 1 saturated heterocycles. The highest BCUT2D eigenvalue weighted by Gasteiger charge is 2.14. The minimum atomic E-state index is 0.254. The van der Waals surface area contributed by atoms with Crippen LogP contribution in [0.1, 0.15) is 17.5 Å². The summed E-state index contributed by atoms with van der Waals surface area (Å²) in [6, 6.07) is 6.43. The van der Waals surface area contributed by atoms with Crippen LogP contribution >= 0.6 is 0 Å². The summed E-state index contributed by atoms with van der Waals surface area (Å²) in [5, 5.41) is 7.77. The van der Waals surface area contributed by atoms with E-state index in [0.29, 0.717) is 5.65 Å². The molecule has 29 heavy (non-hydrogen) atoms. The van der Waals surface area contributed by atoms with Crippen molar-refractivity contribution in [3.05, 3.63) is 35.5 Å². The summed E-state index contributed by atoms with van der Waals surface area (Å²) >= 11 is 0. The zero-order chi connectivity index (χ0) is 20.4. The van der Waals surface area contributed by atoms with Gasteiger partial charge in [0.15, 0.2) is 11.5 Å². The number of hydrogen-bond acceptors (Lipinski definition) is 7. The number of benzene rings is 1. The van der Waals surface area contributed by atoms with E-state index in [0.717, 1.165) is 62.8 Å². The maximum Gasteiger partial charge on any atom is 0.240 e. The van der Waals surface area contributed by atoms with E-state index >= 15 is 0 Å². The standard InChI is InChI=1S/C21H30N8/c1-15-11-16(2)13-17(12-15)18-14-29-20(25-21(22)26-29)19(24-18)23-5-4-6-28-9-7-27(3)8-10-28/h11-14H,4-10H2,1-3H3,(H2,22,26)(H,23,24). The van der Waals surface area contributed by atoms with Gasteiger partial charge in [-0.2, -0.15) is 4.98 Å². The molecule has 3 aromatic rings. The van der Waals surface area contributed by atoms with E-state index in [1.165, 1.54) is 11.1 Å². The number of aryl methyl sites for hydroxylation is 2. The Kier molecular flexibility index (Phi) is 5.64. The molecule has 1 fully saturated rings. The van der Waals surface area contributed by atoms with E-state index < -0.39 is 0 Å². The van der Waals surface area contributed by atoms with Crippen LogP contribution in [-0.2, 0) is 0 Å². The fourth-order valence-corrected chi connectivity index (χ4v) is 3.87. The highest BCUT2D eigenvalue weighted by Crippen LogP contribution is 2.24. The molecule has 1 aliphatic heterocycles. The van der Waals surface area contributed by atoms with Crippen LogP contribution in [0.2, 0.25) is 0 Å². The third-order valence-corrected chi connectivity index (χ3v) is 5.39. The summed E-state index contributed by atoms with van der Waals surface area (Å²) in [4.78, 5) is 14.1. The number of rotatable bonds is 6. The third kappa shape index (κ3) is 4.65. The smallest absolute Gasteiger partial charge is 0.240 e. The number of anilines is 2. The van der Waals surface area contributed by atoms with Crippen LogP contribution in [0.4, 0.5) is 11.8 Å². The maximum atomic E-state index is 5.85. The molecule has 3 N–H and O–H groups in total. The van der Waals surface area contributed by atoms with Crippen LogP contribution in [0.25, 0.3) is 16.9 Å². The zero-order valence-corrected chi connectivity index (χ0v) is 17.5. The molecule has 0 radical (unpaired) electrons. The first-order valence-corrected chi connectivity index (χ1v) is 10.2. The largest absolute Gasteiger partial charge is 0.367 e. The summed E-state index contributed by atoms with van der Waals surface area (Å²) < 4.78 is 1.72. The van der Waals surface area contributed by atoms with Crippen LogP contribution in [0, 0.1) is 13.8 Å². The summed E-state index contributed by atoms with van der Waals surface area (Å²) in [5.41, 5.74) is 10.9. The number of nitrogens with two attached hydrogens (primary N) is 1. The Morgan fingerprint density at radius 2 is 1.76 bits per heavy atom. The van der Waals surface area contributed by atoms with Gasteiger partial charge in [-0.15, -0.1) is 5.10 Å². The number of hydrogen-bond donors (Lipinski definition) is 2. The summed E-state index contributed by atoms with van der Waals surface area (Å²) in [5.74, 6) is 0.981. The van der Waals surface area contributed by atoms with Crippen molar-refractivity contribution in [2.45, 2.75) is 20.3 Å². The molecule has 3 heterocycles. The molecule has 1 aliphatic rings. The van der Waals surface area contributed by atoms with E-state index in [1.54, 1.807) is 4.52 Å². The third-order valence-electron chi connectivity index (χ3n) is 5.39. The van der Waals surface area contributed by atoms with Crippen LogP contribution in [0.5, 0.6) is 0 Å². The lowest BCUT2D eigenvalue weighted by Crippen LogP contribution is -2.44. The van der Waals surface area contributed by atoms with Crippen LogP contribution in [-0.4, -0.2) is 75.7 Å². The quantitative estimate of drug-likeness (QED) is 0.619. The van der Waals surface area contributed by atoms with Gasteiger partial charge >= 0.3 is 0 Å². The van der Waals surface area contributed by atoms with Crippen molar-refractivity contribution in [1.82, 2.24) is 29.4 Å². The number of likely N-dealkylation sites (N-methyl/N-ethyl adjacent to an activating group) is 1. The molecule has 0 unspecified atom stereocenters. The van der Waals surface area contributed by atoms with Crippen molar-refractivity contribution in [2.75, 3.05) is 57.4 Å². The Balaban J connectivity index is 1.50. The maximum absolute atomic E-state index is 5.85. The topological polar surface area (TPSA) is 87.6 Å². The lowest BCUT2D eigenvalue weighted by Gasteiger charge is -2.32. The highest BCUT2D eigenvalue weighted by molar-refractivity contribution is 5.70. The summed E-state index contributed by atoms with van der Waals surface area (Å²) in [6.07, 6.45) is 2.94. The first-order valence-electron chi connectivity index (χ1n) is 10.2. The van der Waals surface area contributed by atoms with Gasteiger partial charge in [-0.1, -0.05) is 17.2 Å². The zero-order valence-electron chi connectivity index (χ0n) is 17.5. The second-order valence-corrected chi connectivity index (χ2v) is 8.01. The van der Waals surface area contributed by atoms with Gasteiger partial charge in [0.25, 0.3) is 0 Å². The SMILES string of the molecule is Cc1cc(C)cc(-c2cn3nc(N)nc3c(NCCCN3CCN(C)CC3)n2)c1. The summed E-state index contributed by atoms with van der Waals surface area (Å²) in [6.45, 7) is 10.7. The fourth-order valence-electron chi connectivity index (χ4n) is 3.87. The Morgan fingerprint density at radius 1 is 1.03 bits per heavy atom. The number of nitrogens with zero attached hydrogens (tertiary/aromatic N) is 6. The Bertz CT molecular complexity index is 968. The van der Waals surface area contributed by atoms with E-state index in [9.17, 15) is 0 Å². The molecule has 4 rings (SSSR count). The Hall–Kier alpha value is -2.71. The van der Waals surface area contributed by atoms with Gasteiger partial charge in [0.05, 0.1) is 11.9 Å². The first-order chi connectivity index (χ1) is 14.0. The van der Waals surface area contributed by atoms with Crippen molar-refractivity contribution < 1.29 is 0 Å². The minimum Gasteiger partial charge on any atom is -0.367 e. The number of fused-ring (bicyclic) bond motifs is 1. The van der Waals surface area contributed by atoms with Gasteiger partial charge in [0.2, 0.25) is 5.95 Å². The number of aromatic nitrogens is 4. The fraction of sp³-hybridized carbons (Fsp3) is 0.476. The molecule has 1 aromatic carbocycles. The van der Waals surface area contributed by atoms with E-state index in [-0.39, 0.29) is 5.95 Å². The second kappa shape index (κ2) is 8.34. The van der Waals surface area contributed by atoms with Crippen LogP contribution in [0.15, 0.2) is 24.4 Å². The van der Waals surface area contributed by atoms with Crippen molar-refractivity contribution >= 4 is 17.4 Å².